The summed E-state index contributed by atoms with van der Waals surface area (Å²) in [6.07, 6.45) is 0. The van der Waals surface area contributed by atoms with Gasteiger partial charge in [-0.2, -0.15) is 0 Å². The Morgan fingerprint density at radius 1 is 0.488 bits per heavy atom. The third-order valence-electron chi connectivity index (χ3n) is 8.81. The summed E-state index contributed by atoms with van der Waals surface area (Å²) in [5.41, 5.74) is 12.0. The second kappa shape index (κ2) is 10.6. The SMILES string of the molecule is Cc1ccc(N(c2ccc(C)cc2)c2ccc3c(c2)c2ccccc2n3-c2ccccc2C(C)(C)c2ccccc2)cc1. The summed E-state index contributed by atoms with van der Waals surface area (Å²) in [7, 11) is 0. The van der Waals surface area contributed by atoms with E-state index < -0.39 is 0 Å². The maximum absolute atomic E-state index is 2.45. The minimum atomic E-state index is -0.177. The maximum Gasteiger partial charge on any atom is 0.0542 e. The molecule has 0 saturated carbocycles. The Morgan fingerprint density at radius 3 is 1.70 bits per heavy atom. The highest BCUT2D eigenvalue weighted by atomic mass is 15.1. The molecule has 0 aliphatic heterocycles. The number of nitrogens with zero attached hydrogens (tertiary/aromatic N) is 2. The van der Waals surface area contributed by atoms with Crippen LogP contribution in [0.3, 0.4) is 0 Å². The van der Waals surface area contributed by atoms with Crippen LogP contribution < -0.4 is 4.90 Å². The van der Waals surface area contributed by atoms with Gasteiger partial charge in [0.15, 0.2) is 0 Å². The van der Waals surface area contributed by atoms with Crippen LogP contribution in [0.15, 0.2) is 146 Å². The fraction of sp³-hybridized carbons (Fsp3) is 0.122. The minimum absolute atomic E-state index is 0.177. The molecule has 0 saturated heterocycles. The van der Waals surface area contributed by atoms with E-state index in [1.165, 1.54) is 49.7 Å². The Kier molecular flexibility index (Phi) is 6.63. The van der Waals surface area contributed by atoms with Gasteiger partial charge in [-0.15, -0.1) is 0 Å². The van der Waals surface area contributed by atoms with Gasteiger partial charge in [-0.25, -0.2) is 0 Å². The van der Waals surface area contributed by atoms with Gasteiger partial charge < -0.3 is 9.47 Å². The van der Waals surface area contributed by atoms with Crippen LogP contribution in [0.5, 0.6) is 0 Å². The van der Waals surface area contributed by atoms with Crippen molar-refractivity contribution in [3.05, 3.63) is 168 Å². The van der Waals surface area contributed by atoms with Gasteiger partial charge in [0.05, 0.1) is 16.7 Å². The molecule has 0 atom stereocenters. The Bertz CT molecular complexity index is 2000. The number of aryl methyl sites for hydroxylation is 2. The van der Waals surface area contributed by atoms with Crippen molar-refractivity contribution in [2.24, 2.45) is 0 Å². The highest BCUT2D eigenvalue weighted by molar-refractivity contribution is 6.10. The fourth-order valence-electron chi connectivity index (χ4n) is 6.40. The normalized spacial score (nSPS) is 11.7. The molecular weight excluding hydrogens is 520 g/mol. The molecule has 210 valence electrons. The molecule has 0 aliphatic rings. The molecule has 43 heavy (non-hydrogen) atoms. The standard InChI is InChI=1S/C41H36N2/c1-29-18-22-32(23-19-29)42(33-24-20-30(2)21-25-33)34-26-27-39-36(28-34)35-14-8-10-16-38(35)43(39)40-17-11-9-15-37(40)41(3,4)31-12-6-5-7-13-31/h5-28H,1-4H3. The van der Waals surface area contributed by atoms with Crippen LogP contribution in [0.4, 0.5) is 17.1 Å². The number of hydrogen-bond acceptors (Lipinski definition) is 1. The lowest BCUT2D eigenvalue weighted by Gasteiger charge is -2.29. The number of hydrogen-bond donors (Lipinski definition) is 0. The van der Waals surface area contributed by atoms with Crippen molar-refractivity contribution in [2.45, 2.75) is 33.1 Å². The van der Waals surface area contributed by atoms with E-state index in [9.17, 15) is 0 Å². The van der Waals surface area contributed by atoms with Crippen molar-refractivity contribution in [3.63, 3.8) is 0 Å². The maximum atomic E-state index is 2.45. The van der Waals surface area contributed by atoms with Crippen molar-refractivity contribution in [2.75, 3.05) is 4.90 Å². The lowest BCUT2D eigenvalue weighted by Crippen LogP contribution is -2.21. The van der Waals surface area contributed by atoms with Crippen LogP contribution in [0, 0.1) is 13.8 Å². The molecular formula is C41H36N2. The van der Waals surface area contributed by atoms with Crippen molar-refractivity contribution < 1.29 is 0 Å². The average Bonchev–Trinajstić information content (AvgIpc) is 3.37. The summed E-state index contributed by atoms with van der Waals surface area (Å²) in [5.74, 6) is 0. The number of para-hydroxylation sites is 2. The first-order chi connectivity index (χ1) is 20.9. The summed E-state index contributed by atoms with van der Waals surface area (Å²) >= 11 is 0. The largest absolute Gasteiger partial charge is 0.310 e. The van der Waals surface area contributed by atoms with E-state index in [1.54, 1.807) is 0 Å². The van der Waals surface area contributed by atoms with Crippen molar-refractivity contribution >= 4 is 38.9 Å². The molecule has 6 aromatic carbocycles. The molecule has 0 aliphatic carbocycles. The van der Waals surface area contributed by atoms with Gasteiger partial charge in [0.2, 0.25) is 0 Å². The number of fused-ring (bicyclic) bond motifs is 3. The van der Waals surface area contributed by atoms with Gasteiger partial charge >= 0.3 is 0 Å². The van der Waals surface area contributed by atoms with E-state index in [-0.39, 0.29) is 5.41 Å². The van der Waals surface area contributed by atoms with Crippen LogP contribution >= 0.6 is 0 Å². The monoisotopic (exact) mass is 556 g/mol. The van der Waals surface area contributed by atoms with E-state index in [4.69, 9.17) is 0 Å². The van der Waals surface area contributed by atoms with Gasteiger partial charge in [-0.1, -0.05) is 116 Å². The van der Waals surface area contributed by atoms with Gasteiger partial charge in [-0.3, -0.25) is 0 Å². The number of benzene rings is 6. The van der Waals surface area contributed by atoms with E-state index in [2.05, 4.69) is 183 Å². The van der Waals surface area contributed by atoms with Gasteiger partial charge in [-0.05, 0) is 79.6 Å². The van der Waals surface area contributed by atoms with Crippen LogP contribution in [-0.2, 0) is 5.41 Å². The first kappa shape index (κ1) is 26.8. The molecule has 0 bridgehead atoms. The zero-order chi connectivity index (χ0) is 29.6. The lowest BCUT2D eigenvalue weighted by atomic mass is 9.77. The van der Waals surface area contributed by atoms with E-state index in [1.807, 2.05) is 0 Å². The second-order valence-corrected chi connectivity index (χ2v) is 12.1. The van der Waals surface area contributed by atoms with E-state index in [0.717, 1.165) is 17.1 Å². The molecule has 2 nitrogen and oxygen atoms in total. The summed E-state index contributed by atoms with van der Waals surface area (Å²) in [6, 6.07) is 53.0. The summed E-state index contributed by atoms with van der Waals surface area (Å²) in [5, 5.41) is 2.49. The molecule has 0 unspecified atom stereocenters. The zero-order valence-corrected chi connectivity index (χ0v) is 25.3. The number of aromatic nitrogens is 1. The molecule has 1 heterocycles. The van der Waals surface area contributed by atoms with Crippen LogP contribution in [-0.4, -0.2) is 4.57 Å². The summed E-state index contributed by atoms with van der Waals surface area (Å²) < 4.78 is 2.45. The smallest absolute Gasteiger partial charge is 0.0542 e. The van der Waals surface area contributed by atoms with Crippen molar-refractivity contribution in [1.82, 2.24) is 4.57 Å². The number of rotatable bonds is 6. The van der Waals surface area contributed by atoms with Gasteiger partial charge in [0, 0.05) is 33.2 Å². The predicted molar refractivity (Wildman–Crippen MR) is 184 cm³/mol. The highest BCUT2D eigenvalue weighted by Crippen LogP contribution is 2.42. The zero-order valence-electron chi connectivity index (χ0n) is 25.3. The van der Waals surface area contributed by atoms with Crippen LogP contribution in [0.1, 0.15) is 36.1 Å². The van der Waals surface area contributed by atoms with E-state index >= 15 is 0 Å². The van der Waals surface area contributed by atoms with E-state index in [0.29, 0.717) is 0 Å². The predicted octanol–water partition coefficient (Wildman–Crippen LogP) is 11.2. The molecule has 1 aromatic heterocycles. The molecule has 7 aromatic rings. The lowest BCUT2D eigenvalue weighted by molar-refractivity contribution is 0.637. The Morgan fingerprint density at radius 2 is 1.02 bits per heavy atom. The first-order valence-electron chi connectivity index (χ1n) is 15.0. The van der Waals surface area contributed by atoms with Crippen molar-refractivity contribution in [1.29, 1.82) is 0 Å². The molecule has 2 heteroatoms. The molecule has 0 spiro atoms. The molecule has 0 N–H and O–H groups in total. The summed E-state index contributed by atoms with van der Waals surface area (Å²) in [4.78, 5) is 2.36. The Hall–Kier alpha value is -5.08. The average molecular weight is 557 g/mol. The van der Waals surface area contributed by atoms with Crippen LogP contribution in [0.2, 0.25) is 0 Å². The molecule has 0 amide bonds. The van der Waals surface area contributed by atoms with Crippen molar-refractivity contribution in [3.8, 4) is 5.69 Å². The first-order valence-corrected chi connectivity index (χ1v) is 15.0. The van der Waals surface area contributed by atoms with Crippen LogP contribution in [0.25, 0.3) is 27.5 Å². The quantitative estimate of drug-likeness (QED) is 0.198. The topological polar surface area (TPSA) is 8.17 Å². The fourth-order valence-corrected chi connectivity index (χ4v) is 6.40. The third-order valence-corrected chi connectivity index (χ3v) is 8.81. The number of anilines is 3. The molecule has 7 rings (SSSR count). The van der Waals surface area contributed by atoms with Gasteiger partial charge in [0.25, 0.3) is 0 Å². The minimum Gasteiger partial charge on any atom is -0.310 e. The Labute approximate surface area is 254 Å². The Balaban J connectivity index is 1.46. The second-order valence-electron chi connectivity index (χ2n) is 12.1. The summed E-state index contributed by atoms with van der Waals surface area (Å²) in [6.45, 7) is 8.93. The third kappa shape index (κ3) is 4.70. The molecule has 0 fully saturated rings. The highest BCUT2D eigenvalue weighted by Gasteiger charge is 2.27. The molecule has 0 radical (unpaired) electrons. The van der Waals surface area contributed by atoms with Gasteiger partial charge in [0.1, 0.15) is 0 Å².